The van der Waals surface area contributed by atoms with E-state index in [4.69, 9.17) is 9.47 Å². The molecule has 0 aromatic heterocycles. The Kier molecular flexibility index (Phi) is 5.67. The first kappa shape index (κ1) is 14.4. The molecule has 1 saturated carbocycles. The summed E-state index contributed by atoms with van der Waals surface area (Å²) in [6.45, 7) is 3.95. The van der Waals surface area contributed by atoms with Crippen LogP contribution >= 0.6 is 0 Å². The van der Waals surface area contributed by atoms with Crippen LogP contribution in [0.2, 0.25) is 0 Å². The maximum atomic E-state index is 5.78. The third-order valence-electron chi connectivity index (χ3n) is 3.40. The van der Waals surface area contributed by atoms with Gasteiger partial charge in [0.1, 0.15) is 5.75 Å². The summed E-state index contributed by atoms with van der Waals surface area (Å²) in [6, 6.07) is 8.95. The lowest BCUT2D eigenvalue weighted by atomic mass is 10.0. The smallest absolute Gasteiger partial charge is 0.119 e. The second-order valence-electron chi connectivity index (χ2n) is 5.13. The third kappa shape index (κ3) is 4.84. The van der Waals surface area contributed by atoms with Crippen LogP contribution in [0.5, 0.6) is 5.75 Å². The molecule has 0 radical (unpaired) electrons. The lowest BCUT2D eigenvalue weighted by Crippen LogP contribution is -2.21. The minimum Gasteiger partial charge on any atom is -0.490 e. The van der Waals surface area contributed by atoms with Crippen LogP contribution < -0.4 is 10.1 Å². The van der Waals surface area contributed by atoms with Gasteiger partial charge in [-0.05, 0) is 49.9 Å². The Labute approximate surface area is 116 Å². The van der Waals surface area contributed by atoms with Crippen LogP contribution in [-0.2, 0) is 4.74 Å². The second kappa shape index (κ2) is 7.51. The molecule has 106 valence electrons. The van der Waals surface area contributed by atoms with E-state index in [-0.39, 0.29) is 0 Å². The van der Waals surface area contributed by atoms with Gasteiger partial charge in [0.05, 0.1) is 6.10 Å². The van der Waals surface area contributed by atoms with Crippen molar-refractivity contribution < 1.29 is 9.47 Å². The minimum atomic E-state index is 0.412. The molecule has 0 amide bonds. The molecule has 3 nitrogen and oxygen atoms in total. The van der Waals surface area contributed by atoms with Crippen molar-refractivity contribution in [2.75, 3.05) is 20.3 Å². The molecule has 19 heavy (non-hydrogen) atoms. The van der Waals surface area contributed by atoms with Gasteiger partial charge in [0.2, 0.25) is 0 Å². The Balaban J connectivity index is 1.90. The minimum absolute atomic E-state index is 0.412. The summed E-state index contributed by atoms with van der Waals surface area (Å²) < 4.78 is 10.9. The highest BCUT2D eigenvalue weighted by Crippen LogP contribution is 2.28. The number of methoxy groups -OCH3 is 1. The van der Waals surface area contributed by atoms with E-state index < -0.39 is 0 Å². The van der Waals surface area contributed by atoms with Crippen LogP contribution in [0.4, 0.5) is 0 Å². The van der Waals surface area contributed by atoms with Crippen LogP contribution in [0.25, 0.3) is 0 Å². The Morgan fingerprint density at radius 1 is 1.26 bits per heavy atom. The van der Waals surface area contributed by atoms with E-state index in [1.54, 1.807) is 7.11 Å². The van der Waals surface area contributed by atoms with E-state index in [0.29, 0.717) is 12.1 Å². The zero-order chi connectivity index (χ0) is 13.5. The molecular weight excluding hydrogens is 238 g/mol. The molecule has 1 fully saturated rings. The average molecular weight is 263 g/mol. The van der Waals surface area contributed by atoms with Crippen molar-refractivity contribution in [3.63, 3.8) is 0 Å². The molecular formula is C16H25NO2. The fourth-order valence-electron chi connectivity index (χ4n) is 2.22. The van der Waals surface area contributed by atoms with Crippen LogP contribution in [0.15, 0.2) is 24.3 Å². The predicted molar refractivity (Wildman–Crippen MR) is 77.6 cm³/mol. The average Bonchev–Trinajstić information content (AvgIpc) is 3.23. The molecule has 0 aliphatic heterocycles. The van der Waals surface area contributed by atoms with Gasteiger partial charge in [-0.1, -0.05) is 19.1 Å². The van der Waals surface area contributed by atoms with Crippen molar-refractivity contribution in [3.05, 3.63) is 29.8 Å². The summed E-state index contributed by atoms with van der Waals surface area (Å²) in [7, 11) is 1.76. The number of hydrogen-bond acceptors (Lipinski definition) is 3. The third-order valence-corrected chi connectivity index (χ3v) is 3.40. The summed E-state index contributed by atoms with van der Waals surface area (Å²) >= 11 is 0. The van der Waals surface area contributed by atoms with Crippen molar-refractivity contribution in [1.29, 1.82) is 0 Å². The maximum absolute atomic E-state index is 5.78. The van der Waals surface area contributed by atoms with Gasteiger partial charge in [-0.3, -0.25) is 0 Å². The summed E-state index contributed by atoms with van der Waals surface area (Å²) in [4.78, 5) is 0. The second-order valence-corrected chi connectivity index (χ2v) is 5.13. The summed E-state index contributed by atoms with van der Waals surface area (Å²) in [5, 5.41) is 3.53. The molecule has 3 heteroatoms. The Bertz CT molecular complexity index is 360. The molecule has 1 aromatic carbocycles. The van der Waals surface area contributed by atoms with Gasteiger partial charge in [0.25, 0.3) is 0 Å². The molecule has 1 aliphatic rings. The molecule has 1 unspecified atom stereocenters. The zero-order valence-electron chi connectivity index (χ0n) is 12.0. The van der Waals surface area contributed by atoms with Gasteiger partial charge in [0, 0.05) is 19.8 Å². The molecule has 1 aliphatic carbocycles. The van der Waals surface area contributed by atoms with Crippen LogP contribution in [-0.4, -0.2) is 26.4 Å². The zero-order valence-corrected chi connectivity index (χ0v) is 12.0. The lowest BCUT2D eigenvalue weighted by molar-refractivity contribution is 0.189. The predicted octanol–water partition coefficient (Wildman–Crippen LogP) is 3.31. The van der Waals surface area contributed by atoms with E-state index in [9.17, 15) is 0 Å². The van der Waals surface area contributed by atoms with Crippen molar-refractivity contribution >= 4 is 0 Å². The van der Waals surface area contributed by atoms with Crippen LogP contribution in [0.3, 0.4) is 0 Å². The van der Waals surface area contributed by atoms with Crippen molar-refractivity contribution in [3.8, 4) is 5.75 Å². The molecule has 0 saturated heterocycles. The first-order valence-electron chi connectivity index (χ1n) is 7.32. The fourth-order valence-corrected chi connectivity index (χ4v) is 2.22. The van der Waals surface area contributed by atoms with Crippen LogP contribution in [0, 0.1) is 0 Å². The number of rotatable bonds is 9. The lowest BCUT2D eigenvalue weighted by Gasteiger charge is -2.18. The molecule has 1 atom stereocenters. The SMILES string of the molecule is CCNC(CCCOC)c1ccc(OC2CC2)cc1. The number of benzene rings is 1. The molecule has 0 spiro atoms. The van der Waals surface area contributed by atoms with E-state index in [1.807, 2.05) is 0 Å². The first-order valence-corrected chi connectivity index (χ1v) is 7.32. The normalized spacial score (nSPS) is 16.3. The molecule has 1 N–H and O–H groups in total. The molecule has 0 bridgehead atoms. The van der Waals surface area contributed by atoms with Gasteiger partial charge in [-0.15, -0.1) is 0 Å². The monoisotopic (exact) mass is 263 g/mol. The van der Waals surface area contributed by atoms with Gasteiger partial charge in [-0.2, -0.15) is 0 Å². The standard InChI is InChI=1S/C16H25NO2/c1-3-17-16(5-4-12-18-2)13-6-8-14(9-7-13)19-15-10-11-15/h6-9,15-17H,3-5,10-12H2,1-2H3. The summed E-state index contributed by atoms with van der Waals surface area (Å²) in [6.07, 6.45) is 5.06. The van der Waals surface area contributed by atoms with Crippen molar-refractivity contribution in [2.24, 2.45) is 0 Å². The Morgan fingerprint density at radius 3 is 2.58 bits per heavy atom. The summed E-state index contributed by atoms with van der Waals surface area (Å²) in [5.74, 6) is 0.999. The van der Waals surface area contributed by atoms with E-state index >= 15 is 0 Å². The Morgan fingerprint density at radius 2 is 2.00 bits per heavy atom. The van der Waals surface area contributed by atoms with Crippen LogP contribution in [0.1, 0.15) is 44.2 Å². The van der Waals surface area contributed by atoms with Crippen molar-refractivity contribution in [1.82, 2.24) is 5.32 Å². The maximum Gasteiger partial charge on any atom is 0.119 e. The van der Waals surface area contributed by atoms with Gasteiger partial charge in [-0.25, -0.2) is 0 Å². The van der Waals surface area contributed by atoms with E-state index in [2.05, 4.69) is 36.5 Å². The fraction of sp³-hybridized carbons (Fsp3) is 0.625. The quantitative estimate of drug-likeness (QED) is 0.693. The number of nitrogens with one attached hydrogen (secondary N) is 1. The largest absolute Gasteiger partial charge is 0.490 e. The highest BCUT2D eigenvalue weighted by molar-refractivity contribution is 5.29. The molecule has 2 rings (SSSR count). The molecule has 0 heterocycles. The van der Waals surface area contributed by atoms with E-state index in [0.717, 1.165) is 31.7 Å². The van der Waals surface area contributed by atoms with Gasteiger partial charge >= 0.3 is 0 Å². The number of hydrogen-bond donors (Lipinski definition) is 1. The van der Waals surface area contributed by atoms with Gasteiger partial charge < -0.3 is 14.8 Å². The summed E-state index contributed by atoms with van der Waals surface area (Å²) in [5.41, 5.74) is 1.33. The first-order chi connectivity index (χ1) is 9.33. The Hall–Kier alpha value is -1.06. The molecule has 1 aromatic rings. The highest BCUT2D eigenvalue weighted by atomic mass is 16.5. The highest BCUT2D eigenvalue weighted by Gasteiger charge is 2.23. The topological polar surface area (TPSA) is 30.5 Å². The van der Waals surface area contributed by atoms with E-state index in [1.165, 1.54) is 18.4 Å². The van der Waals surface area contributed by atoms with Gasteiger partial charge in [0.15, 0.2) is 0 Å². The number of ether oxygens (including phenoxy) is 2. The van der Waals surface area contributed by atoms with Crippen molar-refractivity contribution in [2.45, 2.75) is 44.8 Å².